The van der Waals surface area contributed by atoms with Crippen molar-refractivity contribution in [3.05, 3.63) is 29.8 Å². The molecule has 20 heavy (non-hydrogen) atoms. The van der Waals surface area contributed by atoms with Gasteiger partial charge in [0.25, 0.3) is 0 Å². The van der Waals surface area contributed by atoms with Gasteiger partial charge in [-0.15, -0.1) is 0 Å². The Morgan fingerprint density at radius 3 is 2.90 bits per heavy atom. The Labute approximate surface area is 121 Å². The number of ether oxygens (including phenoxy) is 1. The first kappa shape index (κ1) is 14.8. The van der Waals surface area contributed by atoms with Crippen molar-refractivity contribution in [1.29, 1.82) is 5.26 Å². The normalized spacial score (nSPS) is 16.8. The average molecular weight is 273 g/mol. The zero-order chi connectivity index (χ0) is 14.2. The van der Waals surface area contributed by atoms with Gasteiger partial charge < -0.3 is 4.74 Å². The number of benzene rings is 1. The van der Waals surface area contributed by atoms with Gasteiger partial charge in [-0.05, 0) is 37.5 Å². The van der Waals surface area contributed by atoms with Crippen LogP contribution in [-0.4, -0.2) is 30.7 Å². The SMILES string of the molecule is CCCCNN1CCC(Oc2cccc(C#N)c2)CC1. The number of piperidine rings is 1. The summed E-state index contributed by atoms with van der Waals surface area (Å²) in [7, 11) is 0. The van der Waals surface area contributed by atoms with E-state index in [9.17, 15) is 0 Å². The highest BCUT2D eigenvalue weighted by molar-refractivity contribution is 5.36. The Balaban J connectivity index is 1.75. The van der Waals surface area contributed by atoms with E-state index in [1.165, 1.54) is 12.8 Å². The first-order valence-electron chi connectivity index (χ1n) is 7.47. The fourth-order valence-corrected chi connectivity index (χ4v) is 2.38. The van der Waals surface area contributed by atoms with Crippen LogP contribution in [0.2, 0.25) is 0 Å². The third-order valence-electron chi connectivity index (χ3n) is 3.57. The molecule has 1 heterocycles. The summed E-state index contributed by atoms with van der Waals surface area (Å²) in [6, 6.07) is 9.55. The van der Waals surface area contributed by atoms with Crippen molar-refractivity contribution in [1.82, 2.24) is 10.4 Å². The van der Waals surface area contributed by atoms with E-state index in [0.717, 1.165) is 38.2 Å². The minimum Gasteiger partial charge on any atom is -0.490 e. The lowest BCUT2D eigenvalue weighted by Gasteiger charge is -2.32. The number of nitriles is 1. The van der Waals surface area contributed by atoms with Crippen LogP contribution in [0.25, 0.3) is 0 Å². The molecule has 1 aromatic rings. The first-order valence-corrected chi connectivity index (χ1v) is 7.47. The lowest BCUT2D eigenvalue weighted by molar-refractivity contribution is 0.0701. The van der Waals surface area contributed by atoms with Gasteiger partial charge in [0.2, 0.25) is 0 Å². The molecular formula is C16H23N3O. The van der Waals surface area contributed by atoms with E-state index in [1.54, 1.807) is 6.07 Å². The largest absolute Gasteiger partial charge is 0.490 e. The van der Waals surface area contributed by atoms with Crippen molar-refractivity contribution in [2.24, 2.45) is 0 Å². The molecular weight excluding hydrogens is 250 g/mol. The highest BCUT2D eigenvalue weighted by Crippen LogP contribution is 2.19. The van der Waals surface area contributed by atoms with Crippen LogP contribution in [0.1, 0.15) is 38.2 Å². The Kier molecular flexibility index (Phi) is 5.85. The van der Waals surface area contributed by atoms with E-state index in [-0.39, 0.29) is 6.10 Å². The topological polar surface area (TPSA) is 48.3 Å². The summed E-state index contributed by atoms with van der Waals surface area (Å²) in [5.41, 5.74) is 4.11. The van der Waals surface area contributed by atoms with Gasteiger partial charge in [0.1, 0.15) is 11.9 Å². The zero-order valence-electron chi connectivity index (χ0n) is 12.1. The molecule has 108 valence electrons. The third kappa shape index (κ3) is 4.52. The van der Waals surface area contributed by atoms with E-state index in [4.69, 9.17) is 10.00 Å². The van der Waals surface area contributed by atoms with E-state index < -0.39 is 0 Å². The van der Waals surface area contributed by atoms with Crippen LogP contribution < -0.4 is 10.2 Å². The van der Waals surface area contributed by atoms with Crippen molar-refractivity contribution in [2.75, 3.05) is 19.6 Å². The number of rotatable bonds is 6. The van der Waals surface area contributed by atoms with Crippen molar-refractivity contribution in [3.63, 3.8) is 0 Å². The molecule has 0 unspecified atom stereocenters. The fraction of sp³-hybridized carbons (Fsp3) is 0.562. The van der Waals surface area contributed by atoms with E-state index in [1.807, 2.05) is 18.2 Å². The fourth-order valence-electron chi connectivity index (χ4n) is 2.38. The summed E-state index contributed by atoms with van der Waals surface area (Å²) in [6.07, 6.45) is 4.75. The minimum atomic E-state index is 0.258. The number of nitrogens with one attached hydrogen (secondary N) is 1. The summed E-state index contributed by atoms with van der Waals surface area (Å²) in [5, 5.41) is 11.2. The van der Waals surface area contributed by atoms with Gasteiger partial charge in [0, 0.05) is 19.6 Å². The van der Waals surface area contributed by atoms with Crippen molar-refractivity contribution in [2.45, 2.75) is 38.7 Å². The molecule has 0 saturated carbocycles. The molecule has 0 radical (unpaired) electrons. The molecule has 2 rings (SSSR count). The van der Waals surface area contributed by atoms with Crippen LogP contribution in [-0.2, 0) is 0 Å². The van der Waals surface area contributed by atoms with Gasteiger partial charge in [-0.1, -0.05) is 19.4 Å². The summed E-state index contributed by atoms with van der Waals surface area (Å²) in [6.45, 7) is 5.31. The van der Waals surface area contributed by atoms with E-state index >= 15 is 0 Å². The van der Waals surface area contributed by atoms with Crippen LogP contribution in [0.15, 0.2) is 24.3 Å². The molecule has 0 bridgehead atoms. The van der Waals surface area contributed by atoms with Crippen molar-refractivity contribution in [3.8, 4) is 11.8 Å². The highest BCUT2D eigenvalue weighted by Gasteiger charge is 2.20. The number of hydrazine groups is 1. The Hall–Kier alpha value is -1.57. The maximum atomic E-state index is 8.88. The van der Waals surface area contributed by atoms with Crippen molar-refractivity contribution >= 4 is 0 Å². The van der Waals surface area contributed by atoms with Crippen molar-refractivity contribution < 1.29 is 4.74 Å². The molecule has 1 aromatic carbocycles. The third-order valence-corrected chi connectivity index (χ3v) is 3.57. The van der Waals surface area contributed by atoms with Crippen LogP contribution in [0, 0.1) is 11.3 Å². The number of nitrogens with zero attached hydrogens (tertiary/aromatic N) is 2. The monoisotopic (exact) mass is 273 g/mol. The van der Waals surface area contributed by atoms with Gasteiger partial charge in [-0.25, -0.2) is 5.01 Å². The second-order valence-corrected chi connectivity index (χ2v) is 5.21. The Morgan fingerprint density at radius 1 is 1.40 bits per heavy atom. The van der Waals surface area contributed by atoms with Crippen LogP contribution in [0.5, 0.6) is 5.75 Å². The minimum absolute atomic E-state index is 0.258. The molecule has 0 spiro atoms. The number of hydrogen-bond acceptors (Lipinski definition) is 4. The van der Waals surface area contributed by atoms with Gasteiger partial charge in [-0.3, -0.25) is 5.43 Å². The molecule has 0 aliphatic carbocycles. The van der Waals surface area contributed by atoms with Gasteiger partial charge in [0.05, 0.1) is 11.6 Å². The lowest BCUT2D eigenvalue weighted by Crippen LogP contribution is -2.46. The van der Waals surface area contributed by atoms with Gasteiger partial charge in [-0.2, -0.15) is 5.26 Å². The molecule has 0 amide bonds. The van der Waals surface area contributed by atoms with Gasteiger partial charge >= 0.3 is 0 Å². The quantitative estimate of drug-likeness (QED) is 0.810. The predicted octanol–water partition coefficient (Wildman–Crippen LogP) is 2.71. The number of unbranched alkanes of at least 4 members (excludes halogenated alkanes) is 1. The molecule has 1 saturated heterocycles. The molecule has 4 heteroatoms. The molecule has 1 fully saturated rings. The van der Waals surface area contributed by atoms with Gasteiger partial charge in [0.15, 0.2) is 0 Å². The molecule has 1 aliphatic rings. The van der Waals surface area contributed by atoms with Crippen LogP contribution in [0.3, 0.4) is 0 Å². The van der Waals surface area contributed by atoms with E-state index in [0.29, 0.717) is 5.56 Å². The second kappa shape index (κ2) is 7.88. The molecule has 4 nitrogen and oxygen atoms in total. The standard InChI is InChI=1S/C16H23N3O/c1-2-3-9-18-19-10-7-15(8-11-19)20-16-6-4-5-14(12-16)13-17/h4-6,12,15,18H,2-3,7-11H2,1H3. The second-order valence-electron chi connectivity index (χ2n) is 5.21. The predicted molar refractivity (Wildman–Crippen MR) is 79.3 cm³/mol. The van der Waals surface area contributed by atoms with Crippen LogP contribution >= 0.6 is 0 Å². The Bertz CT molecular complexity index is 447. The zero-order valence-corrected chi connectivity index (χ0v) is 12.1. The summed E-state index contributed by atoms with van der Waals surface area (Å²) in [5.74, 6) is 0.807. The lowest BCUT2D eigenvalue weighted by atomic mass is 10.1. The molecule has 1 aliphatic heterocycles. The Morgan fingerprint density at radius 2 is 2.20 bits per heavy atom. The summed E-state index contributed by atoms with van der Waals surface area (Å²) >= 11 is 0. The molecule has 1 N–H and O–H groups in total. The number of hydrogen-bond donors (Lipinski definition) is 1. The maximum Gasteiger partial charge on any atom is 0.121 e. The van der Waals surface area contributed by atoms with Crippen LogP contribution in [0.4, 0.5) is 0 Å². The molecule has 0 atom stereocenters. The first-order chi connectivity index (χ1) is 9.81. The average Bonchev–Trinajstić information content (AvgIpc) is 2.49. The maximum absolute atomic E-state index is 8.88. The summed E-state index contributed by atoms with van der Waals surface area (Å²) in [4.78, 5) is 0. The highest BCUT2D eigenvalue weighted by atomic mass is 16.5. The van der Waals surface area contributed by atoms with E-state index in [2.05, 4.69) is 23.4 Å². The summed E-state index contributed by atoms with van der Waals surface area (Å²) < 4.78 is 5.97. The smallest absolute Gasteiger partial charge is 0.121 e. The molecule has 0 aromatic heterocycles.